The van der Waals surface area contributed by atoms with Crippen molar-refractivity contribution >= 4 is 5.91 Å². The molecule has 0 unspecified atom stereocenters. The van der Waals surface area contributed by atoms with Gasteiger partial charge in [0.25, 0.3) is 0 Å². The number of methoxy groups -OCH3 is 2. The Kier molecular flexibility index (Phi) is 6.12. The zero-order valence-corrected chi connectivity index (χ0v) is 17.2. The average Bonchev–Trinajstić information content (AvgIpc) is 2.70. The van der Waals surface area contributed by atoms with Crippen molar-refractivity contribution < 1.29 is 19.0 Å². The van der Waals surface area contributed by atoms with Crippen molar-refractivity contribution in [2.24, 2.45) is 0 Å². The molecule has 0 aliphatic carbocycles. The van der Waals surface area contributed by atoms with Crippen molar-refractivity contribution in [3.63, 3.8) is 0 Å². The quantitative estimate of drug-likeness (QED) is 0.673. The lowest BCUT2D eigenvalue weighted by atomic mass is 9.78. The van der Waals surface area contributed by atoms with Crippen molar-refractivity contribution in [2.45, 2.75) is 38.6 Å². The number of nitrogens with zero attached hydrogens (tertiary/aromatic N) is 1. The Morgan fingerprint density at radius 3 is 2.43 bits per heavy atom. The summed E-state index contributed by atoms with van der Waals surface area (Å²) in [6.45, 7) is 6.14. The van der Waals surface area contributed by atoms with E-state index in [0.717, 1.165) is 17.1 Å². The molecular weight excluding hydrogens is 354 g/mol. The minimum Gasteiger partial charge on any atom is -0.494 e. The first-order chi connectivity index (χ1) is 13.4. The second-order valence-corrected chi connectivity index (χ2v) is 7.76. The predicted octanol–water partition coefficient (Wildman–Crippen LogP) is 4.18. The van der Waals surface area contributed by atoms with Crippen molar-refractivity contribution in [3.05, 3.63) is 53.6 Å². The van der Waals surface area contributed by atoms with E-state index in [1.165, 1.54) is 5.56 Å². The topological polar surface area (TPSA) is 48.0 Å². The molecule has 0 fully saturated rings. The van der Waals surface area contributed by atoms with E-state index in [9.17, 15) is 4.79 Å². The molecule has 150 valence electrons. The highest BCUT2D eigenvalue weighted by molar-refractivity contribution is 5.77. The molecule has 0 radical (unpaired) electrons. The number of hydrogen-bond donors (Lipinski definition) is 0. The van der Waals surface area contributed by atoms with Gasteiger partial charge in [-0.05, 0) is 41.8 Å². The van der Waals surface area contributed by atoms with E-state index >= 15 is 0 Å². The number of hydrogen-bond acceptors (Lipinski definition) is 4. The fraction of sp³-hybridized carbons (Fsp3) is 0.435. The molecule has 0 N–H and O–H groups in total. The van der Waals surface area contributed by atoms with Gasteiger partial charge in [-0.2, -0.15) is 0 Å². The Morgan fingerprint density at radius 2 is 1.75 bits per heavy atom. The highest BCUT2D eigenvalue weighted by Crippen LogP contribution is 2.40. The fourth-order valence-corrected chi connectivity index (χ4v) is 3.77. The number of rotatable bonds is 7. The maximum Gasteiger partial charge on any atom is 0.223 e. The van der Waals surface area contributed by atoms with E-state index in [1.54, 1.807) is 14.2 Å². The lowest BCUT2D eigenvalue weighted by Gasteiger charge is -2.40. The van der Waals surface area contributed by atoms with Crippen LogP contribution in [0.15, 0.2) is 42.5 Å². The van der Waals surface area contributed by atoms with Crippen LogP contribution in [-0.2, 0) is 16.8 Å². The number of ether oxygens (including phenoxy) is 3. The predicted molar refractivity (Wildman–Crippen MR) is 109 cm³/mol. The molecule has 5 heteroatoms. The number of fused-ring (bicyclic) bond motifs is 1. The Labute approximate surface area is 167 Å². The number of carbonyl (C=O) groups excluding carboxylic acids is 1. The standard InChI is InChI=1S/C23H29NO4/c1-23(2)16-24(15-17-13-20(26-3)21(27-4)14-19(17)23)22(25)11-8-12-28-18-9-6-5-7-10-18/h5-7,9-10,13-14H,8,11-12,15-16H2,1-4H3. The highest BCUT2D eigenvalue weighted by Gasteiger charge is 2.34. The van der Waals surface area contributed by atoms with E-state index in [2.05, 4.69) is 13.8 Å². The SMILES string of the molecule is COc1cc2c(cc1OC)C(C)(C)CN(C(=O)CCCOc1ccccc1)C2. The van der Waals surface area contributed by atoms with Crippen LogP contribution in [-0.4, -0.2) is 38.2 Å². The minimum atomic E-state index is -0.149. The van der Waals surface area contributed by atoms with E-state index in [4.69, 9.17) is 14.2 Å². The number of amides is 1. The van der Waals surface area contributed by atoms with Gasteiger partial charge in [-0.1, -0.05) is 32.0 Å². The van der Waals surface area contributed by atoms with Gasteiger partial charge >= 0.3 is 0 Å². The Hall–Kier alpha value is -2.69. The van der Waals surface area contributed by atoms with Crippen molar-refractivity contribution in [3.8, 4) is 17.2 Å². The van der Waals surface area contributed by atoms with Crippen LogP contribution in [0.2, 0.25) is 0 Å². The van der Waals surface area contributed by atoms with Gasteiger partial charge in [0.1, 0.15) is 5.75 Å². The second-order valence-electron chi connectivity index (χ2n) is 7.76. The van der Waals surface area contributed by atoms with Gasteiger partial charge in [-0.15, -0.1) is 0 Å². The number of para-hydroxylation sites is 1. The van der Waals surface area contributed by atoms with Gasteiger partial charge in [-0.3, -0.25) is 4.79 Å². The van der Waals surface area contributed by atoms with Crippen molar-refractivity contribution in [2.75, 3.05) is 27.4 Å². The molecular formula is C23H29NO4. The molecule has 1 heterocycles. The van der Waals surface area contributed by atoms with Crippen molar-refractivity contribution in [1.29, 1.82) is 0 Å². The molecule has 2 aromatic carbocycles. The van der Waals surface area contributed by atoms with Crippen LogP contribution in [0, 0.1) is 0 Å². The molecule has 0 saturated carbocycles. The number of benzene rings is 2. The van der Waals surface area contributed by atoms with E-state index in [0.29, 0.717) is 38.3 Å². The Morgan fingerprint density at radius 1 is 1.07 bits per heavy atom. The highest BCUT2D eigenvalue weighted by atomic mass is 16.5. The van der Waals surface area contributed by atoms with Gasteiger partial charge in [-0.25, -0.2) is 0 Å². The smallest absolute Gasteiger partial charge is 0.223 e. The zero-order chi connectivity index (χ0) is 20.1. The summed E-state index contributed by atoms with van der Waals surface area (Å²) in [5.41, 5.74) is 2.17. The molecule has 5 nitrogen and oxygen atoms in total. The normalized spacial score (nSPS) is 14.9. The van der Waals surface area contributed by atoms with E-state index in [1.807, 2.05) is 47.4 Å². The molecule has 3 rings (SSSR count). The first-order valence-corrected chi connectivity index (χ1v) is 9.65. The molecule has 0 atom stereocenters. The molecule has 0 aromatic heterocycles. The van der Waals surface area contributed by atoms with Gasteiger partial charge in [0.05, 0.1) is 20.8 Å². The van der Waals surface area contributed by atoms with Crippen LogP contribution >= 0.6 is 0 Å². The third kappa shape index (κ3) is 4.41. The summed E-state index contributed by atoms with van der Waals surface area (Å²) in [6, 6.07) is 13.7. The van der Waals surface area contributed by atoms with Gasteiger partial charge in [0, 0.05) is 24.9 Å². The van der Waals surface area contributed by atoms with E-state index < -0.39 is 0 Å². The molecule has 2 aromatic rings. The van der Waals surface area contributed by atoms with Gasteiger partial charge in [0.2, 0.25) is 5.91 Å². The molecule has 1 amide bonds. The first kappa shape index (κ1) is 20.1. The summed E-state index contributed by atoms with van der Waals surface area (Å²) >= 11 is 0. The lowest BCUT2D eigenvalue weighted by molar-refractivity contribution is -0.133. The molecule has 1 aliphatic rings. The Balaban J connectivity index is 1.63. The number of carbonyl (C=O) groups is 1. The molecule has 1 aliphatic heterocycles. The van der Waals surface area contributed by atoms with E-state index in [-0.39, 0.29) is 11.3 Å². The second kappa shape index (κ2) is 8.55. The summed E-state index contributed by atoms with van der Waals surface area (Å²) in [5.74, 6) is 2.42. The Bertz CT molecular complexity index is 817. The summed E-state index contributed by atoms with van der Waals surface area (Å²) in [7, 11) is 3.28. The van der Waals surface area contributed by atoms with Gasteiger partial charge < -0.3 is 19.1 Å². The molecule has 28 heavy (non-hydrogen) atoms. The first-order valence-electron chi connectivity index (χ1n) is 9.65. The molecule has 0 spiro atoms. The maximum atomic E-state index is 12.8. The summed E-state index contributed by atoms with van der Waals surface area (Å²) < 4.78 is 16.6. The summed E-state index contributed by atoms with van der Waals surface area (Å²) in [6.07, 6.45) is 1.18. The lowest BCUT2D eigenvalue weighted by Crippen LogP contribution is -2.45. The molecule has 0 bridgehead atoms. The zero-order valence-electron chi connectivity index (χ0n) is 17.2. The summed E-state index contributed by atoms with van der Waals surface area (Å²) in [4.78, 5) is 14.7. The van der Waals surface area contributed by atoms with Crippen molar-refractivity contribution in [1.82, 2.24) is 4.90 Å². The van der Waals surface area contributed by atoms with Crippen LogP contribution < -0.4 is 14.2 Å². The fourth-order valence-electron chi connectivity index (χ4n) is 3.77. The monoisotopic (exact) mass is 383 g/mol. The van der Waals surface area contributed by atoms with Gasteiger partial charge in [0.15, 0.2) is 11.5 Å². The third-order valence-electron chi connectivity index (χ3n) is 5.19. The van der Waals surface area contributed by atoms with Crippen LogP contribution in [0.3, 0.4) is 0 Å². The van der Waals surface area contributed by atoms with Crippen LogP contribution in [0.25, 0.3) is 0 Å². The van der Waals surface area contributed by atoms with Crippen LogP contribution in [0.5, 0.6) is 17.2 Å². The third-order valence-corrected chi connectivity index (χ3v) is 5.19. The van der Waals surface area contributed by atoms with Crippen LogP contribution in [0.1, 0.15) is 37.8 Å². The summed E-state index contributed by atoms with van der Waals surface area (Å²) in [5, 5.41) is 0. The van der Waals surface area contributed by atoms with Crippen LogP contribution in [0.4, 0.5) is 0 Å². The molecule has 0 saturated heterocycles. The largest absolute Gasteiger partial charge is 0.494 e. The minimum absolute atomic E-state index is 0.149. The average molecular weight is 383 g/mol. The maximum absolute atomic E-state index is 12.8.